The Morgan fingerprint density at radius 1 is 1.08 bits per heavy atom. The summed E-state index contributed by atoms with van der Waals surface area (Å²) in [6.07, 6.45) is 14.1. The number of hydrogen-bond donors (Lipinski definition) is 0. The summed E-state index contributed by atoms with van der Waals surface area (Å²) in [4.78, 5) is 0. The lowest BCUT2D eigenvalue weighted by Gasteiger charge is -2.34. The van der Waals surface area contributed by atoms with E-state index in [1.165, 1.54) is 32.1 Å². The third-order valence-corrected chi connectivity index (χ3v) is 4.87. The molecule has 1 rings (SSSR count). The van der Waals surface area contributed by atoms with Gasteiger partial charge in [0.2, 0.25) is 0 Å². The highest BCUT2D eigenvalue weighted by molar-refractivity contribution is 5.03. The number of nitriles is 1. The summed E-state index contributed by atoms with van der Waals surface area (Å²) in [5.74, 6) is 0.396. The lowest BCUT2D eigenvalue weighted by atomic mass is 9.77. The van der Waals surface area contributed by atoms with Crippen molar-refractivity contribution < 1.29 is 9.47 Å². The monoisotopic (exact) mass is 333 g/mol. The van der Waals surface area contributed by atoms with Gasteiger partial charge < -0.3 is 9.47 Å². The van der Waals surface area contributed by atoms with Crippen LogP contribution in [-0.2, 0) is 9.47 Å². The quantitative estimate of drug-likeness (QED) is 0.317. The van der Waals surface area contributed by atoms with Crippen LogP contribution in [-0.4, -0.2) is 19.5 Å². The topological polar surface area (TPSA) is 42.2 Å². The third kappa shape index (κ3) is 7.64. The van der Waals surface area contributed by atoms with E-state index in [1.54, 1.807) is 0 Å². The average Bonchev–Trinajstić information content (AvgIpc) is 2.60. The number of rotatable bonds is 13. The fourth-order valence-electron chi connectivity index (χ4n) is 3.35. The van der Waals surface area contributed by atoms with Gasteiger partial charge in [0.25, 0.3) is 0 Å². The predicted molar refractivity (Wildman–Crippen MR) is 99.5 cm³/mol. The van der Waals surface area contributed by atoms with Gasteiger partial charge in [-0.3, -0.25) is 0 Å². The van der Waals surface area contributed by atoms with Crippen LogP contribution in [0.15, 0.2) is 25.3 Å². The highest BCUT2D eigenvalue weighted by Gasteiger charge is 2.34. The normalized spacial score (nSPS) is 23.2. The van der Waals surface area contributed by atoms with Gasteiger partial charge in [-0.2, -0.15) is 5.26 Å². The molecule has 1 saturated heterocycles. The van der Waals surface area contributed by atoms with Crippen LogP contribution in [0.4, 0.5) is 0 Å². The van der Waals surface area contributed by atoms with Crippen LogP contribution in [0.5, 0.6) is 0 Å². The smallest absolute Gasteiger partial charge is 0.159 e. The molecular formula is C21H35NO2. The molecule has 0 aromatic rings. The number of allylic oxidation sites excluding steroid dienone is 2. The van der Waals surface area contributed by atoms with Crippen LogP contribution < -0.4 is 0 Å². The van der Waals surface area contributed by atoms with E-state index < -0.39 is 5.41 Å². The molecule has 0 saturated carbocycles. The van der Waals surface area contributed by atoms with E-state index in [0.717, 1.165) is 19.3 Å². The zero-order chi connectivity index (χ0) is 17.7. The highest BCUT2D eigenvalue weighted by Crippen LogP contribution is 2.36. The molecule has 1 aliphatic rings. The minimum absolute atomic E-state index is 0.259. The molecule has 0 amide bonds. The highest BCUT2D eigenvalue weighted by atomic mass is 16.7. The largest absolute Gasteiger partial charge is 0.352 e. The molecule has 0 radical (unpaired) electrons. The van der Waals surface area contributed by atoms with Crippen LogP contribution in [0.1, 0.15) is 71.1 Å². The van der Waals surface area contributed by atoms with Crippen molar-refractivity contribution in [3.63, 3.8) is 0 Å². The molecule has 3 nitrogen and oxygen atoms in total. The zero-order valence-electron chi connectivity index (χ0n) is 15.5. The van der Waals surface area contributed by atoms with E-state index in [9.17, 15) is 5.26 Å². The summed E-state index contributed by atoms with van der Waals surface area (Å²) in [6, 6.07) is 2.55. The van der Waals surface area contributed by atoms with Crippen LogP contribution >= 0.6 is 0 Å². The van der Waals surface area contributed by atoms with Crippen molar-refractivity contribution in [1.82, 2.24) is 0 Å². The maximum Gasteiger partial charge on any atom is 0.159 e. The Hall–Kier alpha value is -1.11. The molecule has 1 aliphatic heterocycles. The van der Waals surface area contributed by atoms with Crippen LogP contribution in [0.25, 0.3) is 0 Å². The van der Waals surface area contributed by atoms with Crippen molar-refractivity contribution in [3.8, 4) is 6.07 Å². The summed E-state index contributed by atoms with van der Waals surface area (Å²) in [7, 11) is 0. The molecule has 136 valence electrons. The molecule has 0 aromatic carbocycles. The van der Waals surface area contributed by atoms with Crippen molar-refractivity contribution in [3.05, 3.63) is 25.3 Å². The number of nitrogens with zero attached hydrogens (tertiary/aromatic N) is 1. The van der Waals surface area contributed by atoms with E-state index in [1.807, 2.05) is 12.2 Å². The van der Waals surface area contributed by atoms with Crippen LogP contribution in [0, 0.1) is 22.7 Å². The maximum atomic E-state index is 9.79. The van der Waals surface area contributed by atoms with Gasteiger partial charge >= 0.3 is 0 Å². The van der Waals surface area contributed by atoms with Crippen molar-refractivity contribution in [2.45, 2.75) is 77.4 Å². The molecule has 0 N–H and O–H groups in total. The summed E-state index contributed by atoms with van der Waals surface area (Å²) in [5, 5.41) is 9.79. The van der Waals surface area contributed by atoms with E-state index in [4.69, 9.17) is 9.47 Å². The molecule has 1 atom stereocenters. The standard InChI is InChI=1S/C21H35NO2/c1-4-7-8-9-10-11-14-21(18-22,13-6-3)15-20-23-16-19(12-5-2)17-24-20/h5-6,19-20H,2-4,7-17H2,1H3. The number of ether oxygens (including phenoxy) is 2. The SMILES string of the molecule is C=CCC1COC(CC(C#N)(CC=C)CCCCCCCC)OC1. The fourth-order valence-corrected chi connectivity index (χ4v) is 3.35. The van der Waals surface area contributed by atoms with Gasteiger partial charge in [-0.25, -0.2) is 0 Å². The summed E-state index contributed by atoms with van der Waals surface area (Å²) < 4.78 is 11.7. The Morgan fingerprint density at radius 2 is 1.75 bits per heavy atom. The van der Waals surface area contributed by atoms with E-state index in [0.29, 0.717) is 32.0 Å². The second-order valence-corrected chi connectivity index (χ2v) is 7.09. The summed E-state index contributed by atoms with van der Waals surface area (Å²) in [6.45, 7) is 11.2. The van der Waals surface area contributed by atoms with Crippen molar-refractivity contribution in [1.29, 1.82) is 5.26 Å². The van der Waals surface area contributed by atoms with E-state index in [-0.39, 0.29) is 6.29 Å². The van der Waals surface area contributed by atoms with Crippen molar-refractivity contribution in [2.24, 2.45) is 11.3 Å². The average molecular weight is 334 g/mol. The number of hydrogen-bond acceptors (Lipinski definition) is 3. The minimum atomic E-state index is -0.400. The predicted octanol–water partition coefficient (Wildman–Crippen LogP) is 5.78. The van der Waals surface area contributed by atoms with Gasteiger partial charge in [-0.05, 0) is 19.3 Å². The van der Waals surface area contributed by atoms with Crippen molar-refractivity contribution in [2.75, 3.05) is 13.2 Å². The summed E-state index contributed by atoms with van der Waals surface area (Å²) in [5.41, 5.74) is -0.400. The molecule has 0 bridgehead atoms. The molecule has 24 heavy (non-hydrogen) atoms. The molecule has 1 unspecified atom stereocenters. The Kier molecular flexibility index (Phi) is 10.7. The Bertz CT molecular complexity index is 393. The molecule has 0 aliphatic carbocycles. The van der Waals surface area contributed by atoms with Crippen molar-refractivity contribution >= 4 is 0 Å². The van der Waals surface area contributed by atoms with E-state index in [2.05, 4.69) is 26.2 Å². The molecule has 1 fully saturated rings. The van der Waals surface area contributed by atoms with Gasteiger partial charge in [0.05, 0.1) is 24.7 Å². The molecule has 0 aromatic heterocycles. The lowest BCUT2D eigenvalue weighted by molar-refractivity contribution is -0.210. The first kappa shape index (κ1) is 20.9. The van der Waals surface area contributed by atoms with Gasteiger partial charge in [-0.1, -0.05) is 57.6 Å². The van der Waals surface area contributed by atoms with E-state index >= 15 is 0 Å². The first-order valence-corrected chi connectivity index (χ1v) is 9.56. The first-order valence-electron chi connectivity index (χ1n) is 9.56. The van der Waals surface area contributed by atoms with Gasteiger partial charge in [-0.15, -0.1) is 13.2 Å². The Balaban J connectivity index is 2.44. The Morgan fingerprint density at radius 3 is 2.33 bits per heavy atom. The van der Waals surface area contributed by atoms with Crippen LogP contribution in [0.2, 0.25) is 0 Å². The molecular weight excluding hydrogens is 298 g/mol. The molecule has 3 heteroatoms. The van der Waals surface area contributed by atoms with Gasteiger partial charge in [0, 0.05) is 12.3 Å². The first-order chi connectivity index (χ1) is 11.7. The molecule has 0 spiro atoms. The summed E-state index contributed by atoms with van der Waals surface area (Å²) >= 11 is 0. The lowest BCUT2D eigenvalue weighted by Crippen LogP contribution is -2.36. The second-order valence-electron chi connectivity index (χ2n) is 7.09. The zero-order valence-corrected chi connectivity index (χ0v) is 15.5. The molecule has 1 heterocycles. The third-order valence-electron chi connectivity index (χ3n) is 4.87. The minimum Gasteiger partial charge on any atom is -0.352 e. The van der Waals surface area contributed by atoms with Crippen LogP contribution in [0.3, 0.4) is 0 Å². The fraction of sp³-hybridized carbons (Fsp3) is 0.762. The van der Waals surface area contributed by atoms with Gasteiger partial charge in [0.1, 0.15) is 0 Å². The maximum absolute atomic E-state index is 9.79. The second kappa shape index (κ2) is 12.3. The number of unbranched alkanes of at least 4 members (excludes halogenated alkanes) is 5. The van der Waals surface area contributed by atoms with Gasteiger partial charge in [0.15, 0.2) is 6.29 Å². The Labute approximate surface area is 148 Å².